The van der Waals surface area contributed by atoms with E-state index in [4.69, 9.17) is 10.5 Å². The molecule has 0 aliphatic rings. The maximum absolute atomic E-state index is 10.6. The first-order valence-electron chi connectivity index (χ1n) is 6.07. The number of carbonyl (C=O) groups is 1. The first-order chi connectivity index (χ1) is 8.45. The van der Waals surface area contributed by atoms with Crippen LogP contribution in [0.2, 0.25) is 0 Å². The highest BCUT2D eigenvalue weighted by Crippen LogP contribution is 2.28. The minimum Gasteiger partial charge on any atom is -0.496 e. The molecule has 4 nitrogen and oxygen atoms in total. The molecule has 0 aliphatic carbocycles. The molecule has 3 N–H and O–H groups in total. The summed E-state index contributed by atoms with van der Waals surface area (Å²) in [7, 11) is 1.63. The zero-order valence-corrected chi connectivity index (χ0v) is 11.2. The van der Waals surface area contributed by atoms with Crippen LogP contribution in [0.3, 0.4) is 0 Å². The molecule has 4 heteroatoms. The Hall–Kier alpha value is -1.55. The van der Waals surface area contributed by atoms with Crippen LogP contribution in [0.5, 0.6) is 5.75 Å². The minimum atomic E-state index is -0.561. The highest BCUT2D eigenvalue weighted by molar-refractivity contribution is 5.73. The van der Waals surface area contributed by atoms with E-state index in [9.17, 15) is 9.90 Å². The van der Waals surface area contributed by atoms with E-state index in [-0.39, 0.29) is 5.91 Å². The van der Waals surface area contributed by atoms with Crippen LogP contribution in [-0.4, -0.2) is 18.1 Å². The van der Waals surface area contributed by atoms with Gasteiger partial charge in [0.25, 0.3) is 0 Å². The quantitative estimate of drug-likeness (QED) is 0.812. The largest absolute Gasteiger partial charge is 0.496 e. The molecule has 0 aromatic heterocycles. The number of primary amides is 1. The topological polar surface area (TPSA) is 72.6 Å². The van der Waals surface area contributed by atoms with Gasteiger partial charge >= 0.3 is 0 Å². The van der Waals surface area contributed by atoms with E-state index in [0.29, 0.717) is 19.3 Å². The Morgan fingerprint density at radius 2 is 2.06 bits per heavy atom. The van der Waals surface area contributed by atoms with Crippen LogP contribution in [0, 0.1) is 13.8 Å². The summed E-state index contributed by atoms with van der Waals surface area (Å²) in [6, 6.07) is 3.85. The lowest BCUT2D eigenvalue weighted by atomic mass is 9.96. The second-order valence-corrected chi connectivity index (χ2v) is 4.55. The Labute approximate surface area is 108 Å². The van der Waals surface area contributed by atoms with E-state index in [2.05, 4.69) is 0 Å². The standard InChI is InChI=1S/C14H21NO3/c1-9-8-13(18-3)10(2)7-11(9)12(16)5-4-6-14(15)17/h7-8,12,16H,4-6H2,1-3H3,(H2,15,17). The first-order valence-corrected chi connectivity index (χ1v) is 6.07. The van der Waals surface area contributed by atoms with E-state index in [1.165, 1.54) is 0 Å². The van der Waals surface area contributed by atoms with E-state index in [0.717, 1.165) is 22.4 Å². The van der Waals surface area contributed by atoms with Crippen molar-refractivity contribution in [2.75, 3.05) is 7.11 Å². The smallest absolute Gasteiger partial charge is 0.217 e. The fourth-order valence-electron chi connectivity index (χ4n) is 2.02. The summed E-state index contributed by atoms with van der Waals surface area (Å²) < 4.78 is 5.23. The van der Waals surface area contributed by atoms with Crippen molar-refractivity contribution in [3.8, 4) is 5.75 Å². The number of rotatable bonds is 6. The van der Waals surface area contributed by atoms with Crippen molar-refractivity contribution in [2.24, 2.45) is 5.73 Å². The zero-order chi connectivity index (χ0) is 13.7. The van der Waals surface area contributed by atoms with Gasteiger partial charge in [-0.2, -0.15) is 0 Å². The van der Waals surface area contributed by atoms with Crippen LogP contribution in [0.15, 0.2) is 12.1 Å². The molecule has 0 fully saturated rings. The highest BCUT2D eigenvalue weighted by atomic mass is 16.5. The number of amides is 1. The van der Waals surface area contributed by atoms with E-state index < -0.39 is 6.10 Å². The molecule has 1 rings (SSSR count). The van der Waals surface area contributed by atoms with Crippen LogP contribution in [0.1, 0.15) is 42.1 Å². The van der Waals surface area contributed by atoms with Crippen molar-refractivity contribution in [3.63, 3.8) is 0 Å². The maximum atomic E-state index is 10.6. The van der Waals surface area contributed by atoms with Crippen LogP contribution >= 0.6 is 0 Å². The molecule has 0 saturated carbocycles. The van der Waals surface area contributed by atoms with Crippen LogP contribution in [-0.2, 0) is 4.79 Å². The average Bonchev–Trinajstić information content (AvgIpc) is 2.30. The summed E-state index contributed by atoms with van der Waals surface area (Å²) in [4.78, 5) is 10.6. The van der Waals surface area contributed by atoms with Crippen molar-refractivity contribution >= 4 is 5.91 Å². The Balaban J connectivity index is 2.76. The number of hydrogen-bond acceptors (Lipinski definition) is 3. The third-order valence-corrected chi connectivity index (χ3v) is 3.04. The molecule has 18 heavy (non-hydrogen) atoms. The fraction of sp³-hybridized carbons (Fsp3) is 0.500. The number of aryl methyl sites for hydroxylation is 2. The molecule has 1 amide bonds. The molecule has 0 heterocycles. The molecule has 1 atom stereocenters. The number of aliphatic hydroxyl groups is 1. The first kappa shape index (κ1) is 14.5. The predicted octanol–water partition coefficient (Wildman–Crippen LogP) is 2.00. The van der Waals surface area contributed by atoms with Gasteiger partial charge in [0.05, 0.1) is 13.2 Å². The summed E-state index contributed by atoms with van der Waals surface area (Å²) in [5.41, 5.74) is 7.94. The van der Waals surface area contributed by atoms with Crippen LogP contribution < -0.4 is 10.5 Å². The lowest BCUT2D eigenvalue weighted by Gasteiger charge is -2.16. The van der Waals surface area contributed by atoms with Crippen molar-refractivity contribution in [1.82, 2.24) is 0 Å². The Kier molecular flexibility index (Phi) is 5.16. The van der Waals surface area contributed by atoms with Gasteiger partial charge < -0.3 is 15.6 Å². The molecule has 1 aromatic carbocycles. The van der Waals surface area contributed by atoms with Crippen LogP contribution in [0.25, 0.3) is 0 Å². The van der Waals surface area contributed by atoms with Crippen molar-refractivity contribution < 1.29 is 14.6 Å². The van der Waals surface area contributed by atoms with Gasteiger partial charge in [-0.15, -0.1) is 0 Å². The Bertz CT molecular complexity index is 429. The van der Waals surface area contributed by atoms with Crippen molar-refractivity contribution in [3.05, 3.63) is 28.8 Å². The molecule has 1 unspecified atom stereocenters. The molecular formula is C14H21NO3. The van der Waals surface area contributed by atoms with Gasteiger partial charge in [-0.1, -0.05) is 0 Å². The maximum Gasteiger partial charge on any atom is 0.217 e. The number of methoxy groups -OCH3 is 1. The summed E-state index contributed by atoms with van der Waals surface area (Å²) in [6.07, 6.45) is 0.885. The van der Waals surface area contributed by atoms with E-state index in [1.54, 1.807) is 7.11 Å². The monoisotopic (exact) mass is 251 g/mol. The van der Waals surface area contributed by atoms with Gasteiger partial charge in [0.15, 0.2) is 0 Å². The second-order valence-electron chi connectivity index (χ2n) is 4.55. The highest BCUT2D eigenvalue weighted by Gasteiger charge is 2.13. The van der Waals surface area contributed by atoms with Gasteiger partial charge in [0.1, 0.15) is 5.75 Å². The molecule has 0 radical (unpaired) electrons. The zero-order valence-electron chi connectivity index (χ0n) is 11.2. The normalized spacial score (nSPS) is 12.2. The number of aliphatic hydroxyl groups excluding tert-OH is 1. The average molecular weight is 251 g/mol. The number of benzene rings is 1. The number of nitrogens with two attached hydrogens (primary N) is 1. The SMILES string of the molecule is COc1cc(C)c(C(O)CCCC(N)=O)cc1C. The fourth-order valence-corrected chi connectivity index (χ4v) is 2.02. The number of carbonyl (C=O) groups excluding carboxylic acids is 1. The van der Waals surface area contributed by atoms with Gasteiger partial charge in [-0.05, 0) is 55.5 Å². The summed E-state index contributed by atoms with van der Waals surface area (Å²) >= 11 is 0. The van der Waals surface area contributed by atoms with E-state index in [1.807, 2.05) is 26.0 Å². The molecule has 100 valence electrons. The van der Waals surface area contributed by atoms with Gasteiger partial charge in [0.2, 0.25) is 5.91 Å². The van der Waals surface area contributed by atoms with E-state index >= 15 is 0 Å². The van der Waals surface area contributed by atoms with Gasteiger partial charge in [-0.25, -0.2) is 0 Å². The lowest BCUT2D eigenvalue weighted by Crippen LogP contribution is -2.10. The third-order valence-electron chi connectivity index (χ3n) is 3.04. The number of ether oxygens (including phenoxy) is 1. The second kappa shape index (κ2) is 6.40. The summed E-state index contributed by atoms with van der Waals surface area (Å²) in [6.45, 7) is 3.88. The van der Waals surface area contributed by atoms with Gasteiger partial charge in [0, 0.05) is 6.42 Å². The summed E-state index contributed by atoms with van der Waals surface area (Å²) in [5.74, 6) is 0.491. The lowest BCUT2D eigenvalue weighted by molar-refractivity contribution is -0.118. The predicted molar refractivity (Wildman–Crippen MR) is 70.5 cm³/mol. The molecular weight excluding hydrogens is 230 g/mol. The van der Waals surface area contributed by atoms with Gasteiger partial charge in [-0.3, -0.25) is 4.79 Å². The molecule has 0 spiro atoms. The molecule has 0 aliphatic heterocycles. The Morgan fingerprint density at radius 3 is 2.61 bits per heavy atom. The Morgan fingerprint density at radius 1 is 1.39 bits per heavy atom. The minimum absolute atomic E-state index is 0.311. The van der Waals surface area contributed by atoms with Crippen LogP contribution in [0.4, 0.5) is 0 Å². The third kappa shape index (κ3) is 3.74. The summed E-state index contributed by atoms with van der Waals surface area (Å²) in [5, 5.41) is 10.1. The number of hydrogen-bond donors (Lipinski definition) is 2. The van der Waals surface area contributed by atoms with Crippen molar-refractivity contribution in [1.29, 1.82) is 0 Å². The van der Waals surface area contributed by atoms with Crippen molar-refractivity contribution in [2.45, 2.75) is 39.2 Å². The molecule has 1 aromatic rings. The molecule has 0 bridgehead atoms. The molecule has 0 saturated heterocycles.